The number of carbonyl (C=O) groups excluding carboxylic acids is 1. The van der Waals surface area contributed by atoms with Gasteiger partial charge in [-0.1, -0.05) is 60.2 Å². The smallest absolute Gasteiger partial charge is 0.275 e. The van der Waals surface area contributed by atoms with Crippen LogP contribution in [-0.2, 0) is 19.6 Å². The number of benzene rings is 2. The summed E-state index contributed by atoms with van der Waals surface area (Å²) in [5, 5.41) is 0. The summed E-state index contributed by atoms with van der Waals surface area (Å²) in [4.78, 5) is 21.2. The zero-order valence-corrected chi connectivity index (χ0v) is 16.9. The summed E-state index contributed by atoms with van der Waals surface area (Å²) in [6.07, 6.45) is 3.64. The van der Waals surface area contributed by atoms with E-state index in [9.17, 15) is 4.79 Å². The largest absolute Gasteiger partial charge is 0.447 e. The van der Waals surface area contributed by atoms with Crippen molar-refractivity contribution < 1.29 is 9.21 Å². The lowest BCUT2D eigenvalue weighted by atomic mass is 10.1. The number of nitrogens with zero attached hydrogens (tertiary/aromatic N) is 3. The zero-order chi connectivity index (χ0) is 20.1. The van der Waals surface area contributed by atoms with Gasteiger partial charge in [-0.2, -0.15) is 0 Å². The third-order valence-electron chi connectivity index (χ3n) is 5.30. The molecule has 1 amide bonds. The van der Waals surface area contributed by atoms with Gasteiger partial charge in [0.05, 0.1) is 6.54 Å². The molecule has 0 aliphatic carbocycles. The molecule has 5 nitrogen and oxygen atoms in total. The molecule has 150 valence electrons. The molecular weight excluding hydrogens is 362 g/mol. The number of hydrogen-bond donors (Lipinski definition) is 0. The fourth-order valence-electron chi connectivity index (χ4n) is 3.72. The summed E-state index contributed by atoms with van der Waals surface area (Å²) in [5.74, 6) is 0.557. The highest BCUT2D eigenvalue weighted by molar-refractivity contribution is 5.92. The molecular formula is C24H27N3O2. The van der Waals surface area contributed by atoms with Crippen LogP contribution in [0.2, 0.25) is 0 Å². The summed E-state index contributed by atoms with van der Waals surface area (Å²) in [6.45, 7) is 5.84. The van der Waals surface area contributed by atoms with Gasteiger partial charge in [0.2, 0.25) is 5.89 Å². The first-order chi connectivity index (χ1) is 14.2. The molecule has 0 unspecified atom stereocenters. The summed E-state index contributed by atoms with van der Waals surface area (Å²) >= 11 is 0. The molecule has 2 heterocycles. The van der Waals surface area contributed by atoms with Crippen LogP contribution in [0.3, 0.4) is 0 Å². The Kier molecular flexibility index (Phi) is 6.06. The van der Waals surface area contributed by atoms with Gasteiger partial charge < -0.3 is 9.32 Å². The number of hydrogen-bond acceptors (Lipinski definition) is 4. The van der Waals surface area contributed by atoms with E-state index in [1.165, 1.54) is 23.0 Å². The molecule has 2 aromatic carbocycles. The lowest BCUT2D eigenvalue weighted by Crippen LogP contribution is -2.28. The van der Waals surface area contributed by atoms with Crippen molar-refractivity contribution in [2.75, 3.05) is 13.1 Å². The van der Waals surface area contributed by atoms with Crippen LogP contribution >= 0.6 is 0 Å². The molecule has 1 fully saturated rings. The Labute approximate surface area is 172 Å². The second-order valence-electron chi connectivity index (χ2n) is 7.74. The van der Waals surface area contributed by atoms with E-state index in [1.807, 2.05) is 11.0 Å². The molecule has 1 aliphatic rings. The highest BCUT2D eigenvalue weighted by Crippen LogP contribution is 2.17. The quantitative estimate of drug-likeness (QED) is 0.600. The van der Waals surface area contributed by atoms with Crippen LogP contribution in [0, 0.1) is 6.92 Å². The van der Waals surface area contributed by atoms with Crippen molar-refractivity contribution in [2.24, 2.45) is 0 Å². The molecule has 1 aliphatic heterocycles. The van der Waals surface area contributed by atoms with Crippen LogP contribution in [-0.4, -0.2) is 33.8 Å². The van der Waals surface area contributed by atoms with Crippen LogP contribution < -0.4 is 0 Å². The van der Waals surface area contributed by atoms with Crippen LogP contribution in [0.25, 0.3) is 0 Å². The van der Waals surface area contributed by atoms with E-state index >= 15 is 0 Å². The van der Waals surface area contributed by atoms with Crippen molar-refractivity contribution in [1.82, 2.24) is 14.8 Å². The molecule has 3 aromatic rings. The summed E-state index contributed by atoms with van der Waals surface area (Å²) < 4.78 is 5.67. The van der Waals surface area contributed by atoms with E-state index in [0.29, 0.717) is 18.1 Å². The number of likely N-dealkylation sites (tertiary alicyclic amines) is 1. The lowest BCUT2D eigenvalue weighted by molar-refractivity contribution is 0.0787. The van der Waals surface area contributed by atoms with Crippen molar-refractivity contribution in [2.45, 2.75) is 39.4 Å². The first-order valence-corrected chi connectivity index (χ1v) is 10.2. The van der Waals surface area contributed by atoms with Gasteiger partial charge in [-0.05, 0) is 30.9 Å². The standard InChI is InChI=1S/C24H27N3O2/c1-19-9-11-21(12-10-19)16-26(15-20-7-3-2-4-8-20)17-23-25-22(18-29-23)24(28)27-13-5-6-14-27/h2-4,7-12,18H,5-6,13-17H2,1H3. The van der Waals surface area contributed by atoms with Gasteiger partial charge in [0.1, 0.15) is 6.26 Å². The van der Waals surface area contributed by atoms with Crippen molar-refractivity contribution in [3.63, 3.8) is 0 Å². The van der Waals surface area contributed by atoms with Gasteiger partial charge in [-0.3, -0.25) is 9.69 Å². The number of oxazole rings is 1. The van der Waals surface area contributed by atoms with Crippen molar-refractivity contribution >= 4 is 5.91 Å². The van der Waals surface area contributed by atoms with E-state index in [2.05, 4.69) is 65.3 Å². The first kappa shape index (κ1) is 19.4. The number of aryl methyl sites for hydroxylation is 1. The van der Waals surface area contributed by atoms with E-state index in [-0.39, 0.29) is 5.91 Å². The monoisotopic (exact) mass is 389 g/mol. The molecule has 4 rings (SSSR count). The van der Waals surface area contributed by atoms with Crippen LogP contribution in [0.15, 0.2) is 65.3 Å². The minimum atomic E-state index is -0.0226. The first-order valence-electron chi connectivity index (χ1n) is 10.2. The molecule has 5 heteroatoms. The molecule has 0 spiro atoms. The number of carbonyl (C=O) groups is 1. The average molecular weight is 389 g/mol. The maximum Gasteiger partial charge on any atom is 0.275 e. The van der Waals surface area contributed by atoms with Crippen LogP contribution in [0.5, 0.6) is 0 Å². The van der Waals surface area contributed by atoms with E-state index < -0.39 is 0 Å². The molecule has 0 bridgehead atoms. The Morgan fingerprint density at radius 2 is 1.62 bits per heavy atom. The second-order valence-corrected chi connectivity index (χ2v) is 7.74. The minimum absolute atomic E-state index is 0.0226. The van der Waals surface area contributed by atoms with E-state index in [1.54, 1.807) is 0 Å². The predicted molar refractivity (Wildman–Crippen MR) is 112 cm³/mol. The van der Waals surface area contributed by atoms with Crippen molar-refractivity contribution in [1.29, 1.82) is 0 Å². The van der Waals surface area contributed by atoms with Crippen LogP contribution in [0.4, 0.5) is 0 Å². The van der Waals surface area contributed by atoms with E-state index in [0.717, 1.165) is 39.0 Å². The maximum absolute atomic E-state index is 12.5. The minimum Gasteiger partial charge on any atom is -0.447 e. The maximum atomic E-state index is 12.5. The van der Waals surface area contributed by atoms with E-state index in [4.69, 9.17) is 4.42 Å². The molecule has 1 saturated heterocycles. The number of aromatic nitrogens is 1. The molecule has 1 aromatic heterocycles. The highest BCUT2D eigenvalue weighted by atomic mass is 16.3. The molecule has 0 saturated carbocycles. The average Bonchev–Trinajstić information content (AvgIpc) is 3.42. The molecule has 0 atom stereocenters. The number of rotatable bonds is 7. The normalized spacial score (nSPS) is 13.9. The third kappa shape index (κ3) is 5.12. The fraction of sp³-hybridized carbons (Fsp3) is 0.333. The molecule has 0 N–H and O–H groups in total. The van der Waals surface area contributed by atoms with Gasteiger partial charge in [-0.25, -0.2) is 4.98 Å². The van der Waals surface area contributed by atoms with Gasteiger partial charge in [0, 0.05) is 26.2 Å². The Morgan fingerprint density at radius 1 is 0.966 bits per heavy atom. The van der Waals surface area contributed by atoms with Crippen molar-refractivity contribution in [3.8, 4) is 0 Å². The number of amides is 1. The zero-order valence-electron chi connectivity index (χ0n) is 16.9. The molecule has 29 heavy (non-hydrogen) atoms. The Morgan fingerprint density at radius 3 is 2.31 bits per heavy atom. The Balaban J connectivity index is 1.48. The second kappa shape index (κ2) is 9.05. The third-order valence-corrected chi connectivity index (χ3v) is 5.30. The van der Waals surface area contributed by atoms with Gasteiger partial charge in [0.15, 0.2) is 5.69 Å². The highest BCUT2D eigenvalue weighted by Gasteiger charge is 2.23. The van der Waals surface area contributed by atoms with Crippen molar-refractivity contribution in [3.05, 3.63) is 89.1 Å². The van der Waals surface area contributed by atoms with Gasteiger partial charge in [0.25, 0.3) is 5.91 Å². The lowest BCUT2D eigenvalue weighted by Gasteiger charge is -2.21. The summed E-state index contributed by atoms with van der Waals surface area (Å²) in [7, 11) is 0. The Hall–Kier alpha value is -2.92. The topological polar surface area (TPSA) is 49.6 Å². The van der Waals surface area contributed by atoms with Gasteiger partial charge >= 0.3 is 0 Å². The summed E-state index contributed by atoms with van der Waals surface area (Å²) in [5.41, 5.74) is 4.14. The molecule has 0 radical (unpaired) electrons. The van der Waals surface area contributed by atoms with Crippen LogP contribution in [0.1, 0.15) is 45.9 Å². The Bertz CT molecular complexity index is 928. The van der Waals surface area contributed by atoms with Gasteiger partial charge in [-0.15, -0.1) is 0 Å². The fourth-order valence-corrected chi connectivity index (χ4v) is 3.72. The SMILES string of the molecule is Cc1ccc(CN(Cc2ccccc2)Cc2nc(C(=O)N3CCCC3)co2)cc1. The predicted octanol–water partition coefficient (Wildman–Crippen LogP) is 4.42. The summed E-state index contributed by atoms with van der Waals surface area (Å²) in [6, 6.07) is 19.0.